The van der Waals surface area contributed by atoms with Crippen molar-refractivity contribution in [1.82, 2.24) is 19.6 Å². The number of hydrogen-bond acceptors (Lipinski definition) is 8. The predicted molar refractivity (Wildman–Crippen MR) is 117 cm³/mol. The van der Waals surface area contributed by atoms with Crippen LogP contribution in [0.3, 0.4) is 0 Å². The maximum absolute atomic E-state index is 12.4. The first kappa shape index (κ1) is 31.3. The number of aliphatic carboxylic acids is 2. The molecule has 0 saturated carbocycles. The quantitative estimate of drug-likeness (QED) is 0.297. The summed E-state index contributed by atoms with van der Waals surface area (Å²) < 4.78 is 0. The van der Waals surface area contributed by atoms with Crippen molar-refractivity contribution in [2.24, 2.45) is 5.92 Å². The predicted octanol–water partition coefficient (Wildman–Crippen LogP) is 0.0641. The second-order valence-corrected chi connectivity index (χ2v) is 8.59. The first-order chi connectivity index (χ1) is 14.5. The summed E-state index contributed by atoms with van der Waals surface area (Å²) in [5, 5.41) is 28.1. The van der Waals surface area contributed by atoms with Crippen LogP contribution in [0, 0.1) is 45.9 Å². The zero-order chi connectivity index (χ0) is 23.4. The molecular formula is C21H38GdN4O6. The van der Waals surface area contributed by atoms with E-state index in [1.54, 1.807) is 0 Å². The summed E-state index contributed by atoms with van der Waals surface area (Å²) in [6.45, 7) is 11.8. The molecule has 1 rings (SSSR count). The summed E-state index contributed by atoms with van der Waals surface area (Å²) in [6.07, 6.45) is 0.480. The van der Waals surface area contributed by atoms with E-state index in [0.29, 0.717) is 58.8 Å². The Kier molecular flexibility index (Phi) is 16.5. The molecule has 0 unspecified atom stereocenters. The fourth-order valence-electron chi connectivity index (χ4n) is 3.62. The molecule has 0 aromatic rings. The fourth-order valence-corrected chi connectivity index (χ4v) is 3.62. The van der Waals surface area contributed by atoms with E-state index < -0.39 is 11.9 Å². The average Bonchev–Trinajstić information content (AvgIpc) is 2.62. The smallest absolute Gasteiger partial charge is 0.317 e. The molecule has 0 aromatic heterocycles. The van der Waals surface area contributed by atoms with Gasteiger partial charge in [0.25, 0.3) is 0 Å². The Hall–Kier alpha value is -0.685. The number of carboxylic acids is 2. The summed E-state index contributed by atoms with van der Waals surface area (Å²) in [6, 6.07) is 0. The number of carbonyl (C=O) groups is 3. The van der Waals surface area contributed by atoms with Crippen molar-refractivity contribution in [3.8, 4) is 0 Å². The largest absolute Gasteiger partial charge is 0.512 e. The molecule has 11 heteroatoms. The number of ketones is 1. The van der Waals surface area contributed by atoms with Crippen LogP contribution in [0.2, 0.25) is 0 Å². The van der Waals surface area contributed by atoms with Crippen LogP contribution < -0.4 is 0 Å². The molecule has 3 N–H and O–H groups in total. The van der Waals surface area contributed by atoms with Crippen molar-refractivity contribution in [3.05, 3.63) is 12.3 Å². The van der Waals surface area contributed by atoms with Gasteiger partial charge in [0, 0.05) is 98.7 Å². The van der Waals surface area contributed by atoms with Gasteiger partial charge in [-0.15, -0.1) is 0 Å². The zero-order valence-corrected chi connectivity index (χ0v) is 21.5. The van der Waals surface area contributed by atoms with E-state index in [0.717, 1.165) is 0 Å². The summed E-state index contributed by atoms with van der Waals surface area (Å²) in [7, 11) is 0. The first-order valence-corrected chi connectivity index (χ1v) is 10.8. The third kappa shape index (κ3) is 15.2. The molecule has 0 aromatic carbocycles. The number of aliphatic hydroxyl groups excluding tert-OH is 1. The standard InChI is InChI=1S/C21H38N4O6.Gd/c1-17(2)12-19(27)14-23-6-10-24(15-20(28)29)8-4-22(13-18(3)26)5-9-25(11-7-23)16-21(30)31;/h17,26H,3-16H2,1-2H3,(H,28,29)(H,30,31);. The van der Waals surface area contributed by atoms with Gasteiger partial charge in [0.15, 0.2) is 0 Å². The molecule has 0 radical (unpaired) electrons. The van der Waals surface area contributed by atoms with Gasteiger partial charge in [-0.1, -0.05) is 20.4 Å². The van der Waals surface area contributed by atoms with Gasteiger partial charge < -0.3 is 15.3 Å². The second kappa shape index (κ2) is 16.9. The van der Waals surface area contributed by atoms with Crippen molar-refractivity contribution in [3.63, 3.8) is 0 Å². The molecule has 32 heavy (non-hydrogen) atoms. The second-order valence-electron chi connectivity index (χ2n) is 8.59. The molecule has 1 fully saturated rings. The molecule has 1 saturated heterocycles. The third-order valence-corrected chi connectivity index (χ3v) is 5.09. The third-order valence-electron chi connectivity index (χ3n) is 5.09. The average molecular weight is 600 g/mol. The van der Waals surface area contributed by atoms with Gasteiger partial charge in [0.2, 0.25) is 0 Å². The van der Waals surface area contributed by atoms with Crippen molar-refractivity contribution >= 4 is 17.7 Å². The summed E-state index contributed by atoms with van der Waals surface area (Å²) in [5.74, 6) is -1.43. The van der Waals surface area contributed by atoms with Crippen LogP contribution in [-0.4, -0.2) is 131 Å². The monoisotopic (exact) mass is 600 g/mol. The van der Waals surface area contributed by atoms with Crippen molar-refractivity contribution in [2.45, 2.75) is 20.3 Å². The topological polar surface area (TPSA) is 125 Å². The molecule has 10 nitrogen and oxygen atoms in total. The maximum atomic E-state index is 12.4. The van der Waals surface area contributed by atoms with Crippen LogP contribution in [0.5, 0.6) is 0 Å². The van der Waals surface area contributed by atoms with Crippen LogP contribution in [-0.2, 0) is 14.4 Å². The zero-order valence-electron chi connectivity index (χ0n) is 19.2. The van der Waals surface area contributed by atoms with Crippen molar-refractivity contribution < 1.29 is 69.6 Å². The minimum absolute atomic E-state index is 0. The maximum Gasteiger partial charge on any atom is 0.317 e. The summed E-state index contributed by atoms with van der Waals surface area (Å²) in [4.78, 5) is 42.5. The number of aliphatic hydroxyl groups is 1. The molecule has 0 spiro atoms. The Balaban J connectivity index is 0.00000961. The number of nitrogens with zero attached hydrogens (tertiary/aromatic N) is 4. The molecule has 1 aliphatic rings. The Bertz CT molecular complexity index is 587. The molecule has 1 aliphatic heterocycles. The minimum atomic E-state index is -0.916. The molecule has 0 amide bonds. The minimum Gasteiger partial charge on any atom is -0.512 e. The Labute approximate surface area is 222 Å². The molecule has 186 valence electrons. The van der Waals surface area contributed by atoms with E-state index in [2.05, 4.69) is 6.58 Å². The SMILES string of the molecule is C=C(O)CN1CCN(CC(=O)O)CCN(CC(=O)CC(C)C)CCN(CC(=O)O)CC1.[Gd]. The van der Waals surface area contributed by atoms with Crippen LogP contribution in [0.25, 0.3) is 0 Å². The fraction of sp³-hybridized carbons (Fsp3) is 0.762. The number of carbonyl (C=O) groups excluding carboxylic acids is 1. The Morgan fingerprint density at radius 2 is 1.00 bits per heavy atom. The number of hydrogen-bond donors (Lipinski definition) is 3. The van der Waals surface area contributed by atoms with Crippen LogP contribution in [0.4, 0.5) is 0 Å². The Morgan fingerprint density at radius 1 is 0.688 bits per heavy atom. The van der Waals surface area contributed by atoms with Crippen molar-refractivity contribution in [1.29, 1.82) is 0 Å². The van der Waals surface area contributed by atoms with Crippen LogP contribution in [0.1, 0.15) is 20.3 Å². The summed E-state index contributed by atoms with van der Waals surface area (Å²) >= 11 is 0. The molecular weight excluding hydrogens is 562 g/mol. The van der Waals surface area contributed by atoms with Gasteiger partial charge >= 0.3 is 11.9 Å². The molecule has 0 aliphatic carbocycles. The molecule has 1 heterocycles. The Morgan fingerprint density at radius 3 is 1.28 bits per heavy atom. The number of carboxylic acid groups (broad SMARTS) is 2. The van der Waals surface area contributed by atoms with Gasteiger partial charge in [-0.3, -0.25) is 34.0 Å². The van der Waals surface area contributed by atoms with E-state index in [4.69, 9.17) is 0 Å². The van der Waals surface area contributed by atoms with E-state index >= 15 is 0 Å². The van der Waals surface area contributed by atoms with Gasteiger partial charge in [-0.05, 0) is 5.92 Å². The van der Waals surface area contributed by atoms with Crippen LogP contribution >= 0.6 is 0 Å². The molecule has 0 atom stereocenters. The van der Waals surface area contributed by atoms with Crippen LogP contribution in [0.15, 0.2) is 12.3 Å². The number of Topliss-reactive ketones (excluding diaryl/α,β-unsaturated/α-hetero) is 1. The first-order valence-electron chi connectivity index (χ1n) is 10.8. The van der Waals surface area contributed by atoms with Gasteiger partial charge in [0.1, 0.15) is 5.78 Å². The van der Waals surface area contributed by atoms with Gasteiger partial charge in [-0.25, -0.2) is 0 Å². The van der Waals surface area contributed by atoms with Gasteiger partial charge in [-0.2, -0.15) is 0 Å². The normalized spacial score (nSPS) is 18.3. The van der Waals surface area contributed by atoms with E-state index in [9.17, 15) is 29.7 Å². The number of rotatable bonds is 10. The van der Waals surface area contributed by atoms with Gasteiger partial charge in [0.05, 0.1) is 31.9 Å². The van der Waals surface area contributed by atoms with E-state index in [1.807, 2.05) is 33.4 Å². The summed E-state index contributed by atoms with van der Waals surface area (Å²) in [5.41, 5.74) is 0. The molecule has 0 bridgehead atoms. The van der Waals surface area contributed by atoms with E-state index in [-0.39, 0.29) is 83.6 Å². The van der Waals surface area contributed by atoms with Crippen molar-refractivity contribution in [2.75, 3.05) is 78.5 Å². The van der Waals surface area contributed by atoms with E-state index in [1.165, 1.54) is 0 Å².